The molecule has 18 heavy (non-hydrogen) atoms. The molecule has 0 spiro atoms. The predicted octanol–water partition coefficient (Wildman–Crippen LogP) is 2.58. The van der Waals surface area contributed by atoms with Gasteiger partial charge in [-0.15, -0.1) is 6.42 Å². The molecule has 1 atom stereocenters. The molecule has 1 rings (SSSR count). The van der Waals surface area contributed by atoms with E-state index in [-0.39, 0.29) is 29.6 Å². The summed E-state index contributed by atoms with van der Waals surface area (Å²) in [6.07, 6.45) is 5.32. The fourth-order valence-electron chi connectivity index (χ4n) is 1.54. The molecule has 0 saturated carbocycles. The molecule has 0 saturated heterocycles. The first kappa shape index (κ1) is 14.2. The van der Waals surface area contributed by atoms with Gasteiger partial charge in [0.05, 0.1) is 17.7 Å². The van der Waals surface area contributed by atoms with Crippen molar-refractivity contribution in [1.29, 1.82) is 5.26 Å². The highest BCUT2D eigenvalue weighted by Crippen LogP contribution is 2.15. The van der Waals surface area contributed by atoms with Crippen LogP contribution in [0.3, 0.4) is 0 Å². The zero-order valence-electron chi connectivity index (χ0n) is 10.3. The third-order valence-corrected chi connectivity index (χ3v) is 2.62. The minimum atomic E-state index is -0.737. The van der Waals surface area contributed by atoms with Crippen molar-refractivity contribution in [2.24, 2.45) is 5.92 Å². The van der Waals surface area contributed by atoms with Crippen LogP contribution in [0.15, 0.2) is 12.1 Å². The molecule has 0 heterocycles. The van der Waals surface area contributed by atoms with Gasteiger partial charge in [-0.05, 0) is 18.1 Å². The minimum absolute atomic E-state index is 0.00355. The first-order valence-corrected chi connectivity index (χ1v) is 5.57. The van der Waals surface area contributed by atoms with Gasteiger partial charge >= 0.3 is 0 Å². The van der Waals surface area contributed by atoms with Crippen LogP contribution in [0.4, 0.5) is 8.78 Å². The third kappa shape index (κ3) is 3.29. The van der Waals surface area contributed by atoms with E-state index in [1.54, 1.807) is 6.07 Å². The van der Waals surface area contributed by atoms with Gasteiger partial charge in [0.15, 0.2) is 0 Å². The molecule has 1 aromatic carbocycles. The van der Waals surface area contributed by atoms with Gasteiger partial charge in [0.25, 0.3) is 0 Å². The molecule has 0 aliphatic rings. The van der Waals surface area contributed by atoms with Crippen LogP contribution in [0.25, 0.3) is 0 Å². The first-order valence-electron chi connectivity index (χ1n) is 5.57. The molecule has 1 N–H and O–H groups in total. The Labute approximate surface area is 106 Å². The highest BCUT2D eigenvalue weighted by Gasteiger charge is 2.14. The van der Waals surface area contributed by atoms with Crippen LogP contribution in [0.5, 0.6) is 0 Å². The van der Waals surface area contributed by atoms with Crippen molar-refractivity contribution in [3.63, 3.8) is 0 Å². The number of rotatable bonds is 4. The number of halogens is 2. The van der Waals surface area contributed by atoms with Gasteiger partial charge in [-0.3, -0.25) is 5.32 Å². The molecule has 1 unspecified atom stereocenters. The van der Waals surface area contributed by atoms with E-state index >= 15 is 0 Å². The van der Waals surface area contributed by atoms with Crippen LogP contribution in [0, 0.1) is 41.2 Å². The second-order valence-corrected chi connectivity index (χ2v) is 4.30. The van der Waals surface area contributed by atoms with Crippen molar-refractivity contribution in [2.75, 3.05) is 0 Å². The van der Waals surface area contributed by atoms with Crippen LogP contribution >= 0.6 is 0 Å². The van der Waals surface area contributed by atoms with E-state index in [1.165, 1.54) is 0 Å². The average molecular weight is 248 g/mol. The number of benzene rings is 1. The summed E-state index contributed by atoms with van der Waals surface area (Å²) in [4.78, 5) is 0. The Morgan fingerprint density at radius 3 is 2.28 bits per heavy atom. The number of nitrogens with one attached hydrogen (secondary N) is 1. The third-order valence-electron chi connectivity index (χ3n) is 2.62. The number of hydrogen-bond donors (Lipinski definition) is 1. The molecule has 4 heteroatoms. The molecular formula is C14H14F2N2. The van der Waals surface area contributed by atoms with Crippen molar-refractivity contribution in [1.82, 2.24) is 5.32 Å². The van der Waals surface area contributed by atoms with E-state index in [0.29, 0.717) is 0 Å². The number of nitriles is 1. The normalized spacial score (nSPS) is 11.9. The lowest BCUT2D eigenvalue weighted by Crippen LogP contribution is -2.32. The monoisotopic (exact) mass is 248 g/mol. The Hall–Kier alpha value is -1.91. The van der Waals surface area contributed by atoms with Gasteiger partial charge in [0.2, 0.25) is 0 Å². The lowest BCUT2D eigenvalue weighted by molar-refractivity contribution is 0.457. The first-order chi connectivity index (χ1) is 8.49. The van der Waals surface area contributed by atoms with E-state index in [2.05, 4.69) is 11.2 Å². The molecule has 94 valence electrons. The zero-order valence-corrected chi connectivity index (χ0v) is 10.3. The van der Waals surface area contributed by atoms with Crippen LogP contribution in [0.2, 0.25) is 0 Å². The predicted molar refractivity (Wildman–Crippen MR) is 65.4 cm³/mol. The fraction of sp³-hybridized carbons (Fsp3) is 0.357. The Morgan fingerprint density at radius 2 is 1.89 bits per heavy atom. The average Bonchev–Trinajstić information content (AvgIpc) is 2.32. The maximum Gasteiger partial charge on any atom is 0.131 e. The summed E-state index contributed by atoms with van der Waals surface area (Å²) < 4.78 is 27.1. The molecule has 1 aromatic rings. The largest absolute Gasteiger partial charge is 0.299 e. The Balaban J connectivity index is 2.87. The summed E-state index contributed by atoms with van der Waals surface area (Å²) in [5, 5.41) is 11.5. The van der Waals surface area contributed by atoms with E-state index < -0.39 is 11.6 Å². The van der Waals surface area contributed by atoms with Crippen LogP contribution in [0.1, 0.15) is 25.0 Å². The highest BCUT2D eigenvalue weighted by atomic mass is 19.1. The quantitative estimate of drug-likeness (QED) is 0.831. The Kier molecular flexibility index (Phi) is 4.83. The SMILES string of the molecule is C#CC(NCc1c(F)cc(C#N)cc1F)C(C)C. The van der Waals surface area contributed by atoms with Crippen LogP contribution < -0.4 is 5.32 Å². The summed E-state index contributed by atoms with van der Waals surface area (Å²) in [6, 6.07) is 3.48. The lowest BCUT2D eigenvalue weighted by Gasteiger charge is -2.17. The maximum absolute atomic E-state index is 13.6. The molecule has 2 nitrogen and oxygen atoms in total. The summed E-state index contributed by atoms with van der Waals surface area (Å²) in [7, 11) is 0. The second-order valence-electron chi connectivity index (χ2n) is 4.30. The van der Waals surface area contributed by atoms with E-state index in [9.17, 15) is 8.78 Å². The maximum atomic E-state index is 13.6. The smallest absolute Gasteiger partial charge is 0.131 e. The van der Waals surface area contributed by atoms with Crippen molar-refractivity contribution in [3.05, 3.63) is 34.9 Å². The van der Waals surface area contributed by atoms with Crippen LogP contribution in [-0.2, 0) is 6.54 Å². The second kappa shape index (κ2) is 6.14. The Bertz CT molecular complexity index is 487. The molecule has 0 aliphatic carbocycles. The number of terminal acetylenes is 1. The summed E-state index contributed by atoms with van der Waals surface area (Å²) in [5.74, 6) is 1.22. The lowest BCUT2D eigenvalue weighted by atomic mass is 10.0. The summed E-state index contributed by atoms with van der Waals surface area (Å²) >= 11 is 0. The molecule has 0 amide bonds. The minimum Gasteiger partial charge on any atom is -0.299 e. The van der Waals surface area contributed by atoms with Gasteiger partial charge in [0, 0.05) is 12.1 Å². The van der Waals surface area contributed by atoms with Gasteiger partial charge in [-0.2, -0.15) is 5.26 Å². The molecule has 0 radical (unpaired) electrons. The highest BCUT2D eigenvalue weighted by molar-refractivity contribution is 5.34. The topological polar surface area (TPSA) is 35.8 Å². The molecule has 0 fully saturated rings. The molecule has 0 bridgehead atoms. The standard InChI is InChI=1S/C14H14F2N2/c1-4-14(9(2)3)18-8-11-12(15)5-10(7-17)6-13(11)16/h1,5-6,9,14,18H,8H2,2-3H3. The van der Waals surface area contributed by atoms with E-state index in [1.807, 2.05) is 13.8 Å². The van der Waals surface area contributed by atoms with Gasteiger partial charge < -0.3 is 0 Å². The van der Waals surface area contributed by atoms with Crippen molar-refractivity contribution in [3.8, 4) is 18.4 Å². The van der Waals surface area contributed by atoms with E-state index in [0.717, 1.165) is 12.1 Å². The molecular weight excluding hydrogens is 234 g/mol. The summed E-state index contributed by atoms with van der Waals surface area (Å²) in [6.45, 7) is 3.84. The van der Waals surface area contributed by atoms with Gasteiger partial charge in [-0.25, -0.2) is 8.78 Å². The van der Waals surface area contributed by atoms with Crippen molar-refractivity contribution < 1.29 is 8.78 Å². The molecule has 0 aromatic heterocycles. The summed E-state index contributed by atoms with van der Waals surface area (Å²) in [5.41, 5.74) is -0.138. The molecule has 0 aliphatic heterocycles. The van der Waals surface area contributed by atoms with Crippen molar-refractivity contribution >= 4 is 0 Å². The van der Waals surface area contributed by atoms with Gasteiger partial charge in [0.1, 0.15) is 11.6 Å². The van der Waals surface area contributed by atoms with Gasteiger partial charge in [-0.1, -0.05) is 19.8 Å². The number of nitrogens with zero attached hydrogens (tertiary/aromatic N) is 1. The van der Waals surface area contributed by atoms with Crippen molar-refractivity contribution in [2.45, 2.75) is 26.4 Å². The fourth-order valence-corrected chi connectivity index (χ4v) is 1.54. The zero-order chi connectivity index (χ0) is 13.7. The number of hydrogen-bond acceptors (Lipinski definition) is 2. The van der Waals surface area contributed by atoms with E-state index in [4.69, 9.17) is 11.7 Å². The van der Waals surface area contributed by atoms with Crippen LogP contribution in [-0.4, -0.2) is 6.04 Å². The Morgan fingerprint density at radius 1 is 1.33 bits per heavy atom.